The molecule has 20 heavy (non-hydrogen) atoms. The molecule has 1 fully saturated rings. The molecule has 108 valence electrons. The van der Waals surface area contributed by atoms with Crippen LogP contribution in [0, 0.1) is 11.6 Å². The molecule has 1 saturated heterocycles. The van der Waals surface area contributed by atoms with Crippen LogP contribution in [-0.4, -0.2) is 22.3 Å². The summed E-state index contributed by atoms with van der Waals surface area (Å²) in [6, 6.07) is 2.28. The molecule has 0 spiro atoms. The van der Waals surface area contributed by atoms with E-state index in [4.69, 9.17) is 16.3 Å². The second-order valence-electron chi connectivity index (χ2n) is 5.15. The van der Waals surface area contributed by atoms with Crippen molar-refractivity contribution in [1.82, 2.24) is 9.55 Å². The second kappa shape index (κ2) is 5.30. The van der Waals surface area contributed by atoms with Gasteiger partial charge in [-0.2, -0.15) is 0 Å². The van der Waals surface area contributed by atoms with Gasteiger partial charge in [-0.25, -0.2) is 13.8 Å². The van der Waals surface area contributed by atoms with Crippen LogP contribution in [0.4, 0.5) is 8.78 Å². The molecule has 0 amide bonds. The third-order valence-corrected chi connectivity index (χ3v) is 3.97. The first-order valence-electron chi connectivity index (χ1n) is 6.63. The van der Waals surface area contributed by atoms with Crippen molar-refractivity contribution < 1.29 is 13.5 Å². The summed E-state index contributed by atoms with van der Waals surface area (Å²) in [6.45, 7) is 2.62. The van der Waals surface area contributed by atoms with Gasteiger partial charge in [0, 0.05) is 18.7 Å². The average molecular weight is 301 g/mol. The Bertz CT molecular complexity index is 644. The smallest absolute Gasteiger partial charge is 0.153 e. The van der Waals surface area contributed by atoms with Crippen LogP contribution in [-0.2, 0) is 10.6 Å². The van der Waals surface area contributed by atoms with Crippen LogP contribution in [0.2, 0.25) is 0 Å². The minimum atomic E-state index is -0.648. The van der Waals surface area contributed by atoms with Crippen molar-refractivity contribution >= 4 is 22.6 Å². The van der Waals surface area contributed by atoms with Crippen LogP contribution in [0.1, 0.15) is 31.6 Å². The van der Waals surface area contributed by atoms with E-state index in [9.17, 15) is 8.78 Å². The van der Waals surface area contributed by atoms with Gasteiger partial charge in [0.1, 0.15) is 17.2 Å². The third-order valence-electron chi connectivity index (χ3n) is 3.73. The zero-order chi connectivity index (χ0) is 14.3. The SMILES string of the molecule is CC1CC(n2c(CCl)nc3c(F)cc(F)cc32)CCO1. The molecule has 1 aromatic carbocycles. The maximum atomic E-state index is 13.8. The Morgan fingerprint density at radius 2 is 2.25 bits per heavy atom. The molecule has 6 heteroatoms. The van der Waals surface area contributed by atoms with Gasteiger partial charge in [-0.3, -0.25) is 0 Å². The topological polar surface area (TPSA) is 27.1 Å². The summed E-state index contributed by atoms with van der Waals surface area (Å²) in [5.74, 6) is -0.505. The predicted molar refractivity (Wildman–Crippen MR) is 72.9 cm³/mol. The van der Waals surface area contributed by atoms with Crippen molar-refractivity contribution in [3.05, 3.63) is 29.6 Å². The molecule has 0 saturated carbocycles. The fraction of sp³-hybridized carbons (Fsp3) is 0.500. The second-order valence-corrected chi connectivity index (χ2v) is 5.41. The van der Waals surface area contributed by atoms with Crippen molar-refractivity contribution in [2.75, 3.05) is 6.61 Å². The number of rotatable bonds is 2. The highest BCUT2D eigenvalue weighted by molar-refractivity contribution is 6.16. The van der Waals surface area contributed by atoms with E-state index in [1.165, 1.54) is 6.07 Å². The highest BCUT2D eigenvalue weighted by Gasteiger charge is 2.26. The molecule has 0 aliphatic carbocycles. The van der Waals surface area contributed by atoms with Gasteiger partial charge in [0.25, 0.3) is 0 Å². The number of benzene rings is 1. The van der Waals surface area contributed by atoms with Gasteiger partial charge in [-0.1, -0.05) is 0 Å². The van der Waals surface area contributed by atoms with Crippen LogP contribution in [0.5, 0.6) is 0 Å². The van der Waals surface area contributed by atoms with E-state index in [2.05, 4.69) is 4.98 Å². The normalized spacial score (nSPS) is 23.4. The lowest BCUT2D eigenvalue weighted by Gasteiger charge is -2.29. The largest absolute Gasteiger partial charge is 0.378 e. The molecule has 2 aromatic rings. The van der Waals surface area contributed by atoms with Gasteiger partial charge in [-0.15, -0.1) is 11.6 Å². The fourth-order valence-corrected chi connectivity index (χ4v) is 3.07. The Balaban J connectivity index is 2.17. The van der Waals surface area contributed by atoms with Crippen LogP contribution < -0.4 is 0 Å². The highest BCUT2D eigenvalue weighted by Crippen LogP contribution is 2.32. The van der Waals surface area contributed by atoms with Crippen molar-refractivity contribution in [3.63, 3.8) is 0 Å². The van der Waals surface area contributed by atoms with Crippen molar-refractivity contribution in [1.29, 1.82) is 0 Å². The summed E-state index contributed by atoms with van der Waals surface area (Å²) >= 11 is 5.92. The molecule has 2 atom stereocenters. The number of hydrogen-bond donors (Lipinski definition) is 0. The number of fused-ring (bicyclic) bond motifs is 1. The summed E-state index contributed by atoms with van der Waals surface area (Å²) < 4.78 is 34.7. The number of halogens is 3. The molecule has 0 radical (unpaired) electrons. The minimum Gasteiger partial charge on any atom is -0.378 e. The molecule has 3 rings (SSSR count). The van der Waals surface area contributed by atoms with Gasteiger partial charge < -0.3 is 9.30 Å². The van der Waals surface area contributed by atoms with Gasteiger partial charge in [0.15, 0.2) is 5.82 Å². The summed E-state index contributed by atoms with van der Waals surface area (Å²) in [7, 11) is 0. The van der Waals surface area contributed by atoms with E-state index in [1.807, 2.05) is 11.5 Å². The Kier molecular flexibility index (Phi) is 3.65. The zero-order valence-electron chi connectivity index (χ0n) is 11.1. The van der Waals surface area contributed by atoms with Gasteiger partial charge >= 0.3 is 0 Å². The number of hydrogen-bond acceptors (Lipinski definition) is 2. The Hall–Kier alpha value is -1.20. The van der Waals surface area contributed by atoms with Gasteiger partial charge in [-0.05, 0) is 25.8 Å². The molecular weight excluding hydrogens is 286 g/mol. The summed E-state index contributed by atoms with van der Waals surface area (Å²) in [6.07, 6.45) is 1.69. The van der Waals surface area contributed by atoms with E-state index in [0.29, 0.717) is 17.9 Å². The van der Waals surface area contributed by atoms with E-state index >= 15 is 0 Å². The standard InChI is InChI=1S/C14H15ClF2N2O/c1-8-4-10(2-3-20-8)19-12-6-9(16)5-11(17)14(12)18-13(19)7-15/h5-6,8,10H,2-4,7H2,1H3. The molecule has 3 nitrogen and oxygen atoms in total. The molecule has 2 unspecified atom stereocenters. The third kappa shape index (κ3) is 2.29. The zero-order valence-corrected chi connectivity index (χ0v) is 11.8. The molecule has 2 heterocycles. The molecule has 1 aliphatic heterocycles. The molecule has 0 bridgehead atoms. The number of imidazole rings is 1. The Labute approximate surface area is 120 Å². The van der Waals surface area contributed by atoms with Crippen LogP contribution in [0.3, 0.4) is 0 Å². The van der Waals surface area contributed by atoms with Crippen molar-refractivity contribution in [3.8, 4) is 0 Å². The first-order chi connectivity index (χ1) is 9.60. The van der Waals surface area contributed by atoms with Gasteiger partial charge in [0.2, 0.25) is 0 Å². The van der Waals surface area contributed by atoms with E-state index < -0.39 is 11.6 Å². The molecule has 1 aromatic heterocycles. The average Bonchev–Trinajstić information content (AvgIpc) is 2.77. The number of nitrogens with zero attached hydrogens (tertiary/aromatic N) is 2. The maximum absolute atomic E-state index is 13.8. The Morgan fingerprint density at radius 1 is 1.45 bits per heavy atom. The van der Waals surface area contributed by atoms with Gasteiger partial charge in [0.05, 0.1) is 17.5 Å². The van der Waals surface area contributed by atoms with Crippen LogP contribution >= 0.6 is 11.6 Å². The number of ether oxygens (including phenoxy) is 1. The minimum absolute atomic E-state index is 0.110. The van der Waals surface area contributed by atoms with E-state index in [0.717, 1.165) is 18.9 Å². The first kappa shape index (κ1) is 13.8. The Morgan fingerprint density at radius 3 is 2.95 bits per heavy atom. The van der Waals surface area contributed by atoms with Crippen LogP contribution in [0.15, 0.2) is 12.1 Å². The first-order valence-corrected chi connectivity index (χ1v) is 7.17. The summed E-state index contributed by atoms with van der Waals surface area (Å²) in [4.78, 5) is 4.22. The number of alkyl halides is 1. The maximum Gasteiger partial charge on any atom is 0.153 e. The van der Waals surface area contributed by atoms with Crippen molar-refractivity contribution in [2.45, 2.75) is 37.8 Å². The molecule has 1 aliphatic rings. The fourth-order valence-electron chi connectivity index (χ4n) is 2.88. The summed E-state index contributed by atoms with van der Waals surface area (Å²) in [5.41, 5.74) is 0.651. The summed E-state index contributed by atoms with van der Waals surface area (Å²) in [5, 5.41) is 0. The van der Waals surface area contributed by atoms with E-state index in [1.54, 1.807) is 0 Å². The lowest BCUT2D eigenvalue weighted by atomic mass is 10.0. The monoisotopic (exact) mass is 300 g/mol. The predicted octanol–water partition coefficient (Wildman–Crippen LogP) is 3.79. The number of aromatic nitrogens is 2. The molecule has 0 N–H and O–H groups in total. The van der Waals surface area contributed by atoms with E-state index in [-0.39, 0.29) is 23.5 Å². The van der Waals surface area contributed by atoms with Crippen LogP contribution in [0.25, 0.3) is 11.0 Å². The highest BCUT2D eigenvalue weighted by atomic mass is 35.5. The lowest BCUT2D eigenvalue weighted by Crippen LogP contribution is -2.26. The molecular formula is C14H15ClF2N2O. The van der Waals surface area contributed by atoms with Crippen molar-refractivity contribution in [2.24, 2.45) is 0 Å². The quantitative estimate of drug-likeness (QED) is 0.789. The lowest BCUT2D eigenvalue weighted by molar-refractivity contribution is 0.00632.